The molecule has 1 amide bonds. The standard InChI is InChI=1S/C17H25NO4/c1-6-13(7-2)18-17(19)9-8-12-10-15(21-4)16(22-5)11-14(12)20-3/h8-11,13H,6-7H2,1-5H3,(H,18,19)/b9-8+. The zero-order valence-corrected chi connectivity index (χ0v) is 13.9. The molecule has 0 aliphatic carbocycles. The van der Waals surface area contributed by atoms with Crippen molar-refractivity contribution in [3.05, 3.63) is 23.8 Å². The number of hydrogen-bond donors (Lipinski definition) is 1. The summed E-state index contributed by atoms with van der Waals surface area (Å²) in [5, 5.41) is 2.95. The molecule has 0 unspecified atom stereocenters. The minimum atomic E-state index is -0.120. The van der Waals surface area contributed by atoms with Gasteiger partial charge >= 0.3 is 0 Å². The summed E-state index contributed by atoms with van der Waals surface area (Å²) < 4.78 is 15.8. The summed E-state index contributed by atoms with van der Waals surface area (Å²) in [5.74, 6) is 1.66. The van der Waals surface area contributed by atoms with Crippen LogP contribution in [0.2, 0.25) is 0 Å². The van der Waals surface area contributed by atoms with Crippen molar-refractivity contribution in [1.82, 2.24) is 5.32 Å². The van der Waals surface area contributed by atoms with Crippen molar-refractivity contribution in [2.24, 2.45) is 0 Å². The normalized spacial score (nSPS) is 10.8. The molecule has 0 bridgehead atoms. The highest BCUT2D eigenvalue weighted by Crippen LogP contribution is 2.35. The van der Waals surface area contributed by atoms with E-state index in [0.717, 1.165) is 18.4 Å². The average Bonchev–Trinajstić information content (AvgIpc) is 2.56. The smallest absolute Gasteiger partial charge is 0.244 e. The van der Waals surface area contributed by atoms with Crippen molar-refractivity contribution in [2.75, 3.05) is 21.3 Å². The molecule has 0 aliphatic rings. The Kier molecular flexibility index (Phi) is 7.29. The van der Waals surface area contributed by atoms with Gasteiger partial charge in [0.05, 0.1) is 21.3 Å². The lowest BCUT2D eigenvalue weighted by molar-refractivity contribution is -0.117. The lowest BCUT2D eigenvalue weighted by atomic mass is 10.1. The molecule has 22 heavy (non-hydrogen) atoms. The Bertz CT molecular complexity index is 522. The fourth-order valence-electron chi connectivity index (χ4n) is 2.09. The van der Waals surface area contributed by atoms with Crippen LogP contribution in [0.5, 0.6) is 17.2 Å². The summed E-state index contributed by atoms with van der Waals surface area (Å²) in [6.45, 7) is 4.10. The van der Waals surface area contributed by atoms with Gasteiger partial charge in [-0.3, -0.25) is 4.79 Å². The Morgan fingerprint density at radius 3 is 2.09 bits per heavy atom. The Morgan fingerprint density at radius 1 is 1.05 bits per heavy atom. The second-order valence-corrected chi connectivity index (χ2v) is 4.80. The van der Waals surface area contributed by atoms with E-state index in [1.807, 2.05) is 0 Å². The van der Waals surface area contributed by atoms with E-state index in [9.17, 15) is 4.79 Å². The fourth-order valence-corrected chi connectivity index (χ4v) is 2.09. The van der Waals surface area contributed by atoms with Gasteiger partial charge < -0.3 is 19.5 Å². The van der Waals surface area contributed by atoms with E-state index >= 15 is 0 Å². The number of methoxy groups -OCH3 is 3. The lowest BCUT2D eigenvalue weighted by Gasteiger charge is -2.13. The van der Waals surface area contributed by atoms with Crippen LogP contribution in [-0.4, -0.2) is 33.3 Å². The van der Waals surface area contributed by atoms with Crippen molar-refractivity contribution >= 4 is 12.0 Å². The van der Waals surface area contributed by atoms with Crippen molar-refractivity contribution in [3.8, 4) is 17.2 Å². The van der Waals surface area contributed by atoms with Gasteiger partial charge in [0.2, 0.25) is 5.91 Å². The molecule has 5 heteroatoms. The minimum absolute atomic E-state index is 0.120. The molecular weight excluding hydrogens is 282 g/mol. The Balaban J connectivity index is 2.96. The van der Waals surface area contributed by atoms with Crippen LogP contribution in [0.4, 0.5) is 0 Å². The van der Waals surface area contributed by atoms with E-state index in [1.54, 1.807) is 39.5 Å². The number of ether oxygens (including phenoxy) is 3. The summed E-state index contributed by atoms with van der Waals surface area (Å²) in [4.78, 5) is 11.9. The minimum Gasteiger partial charge on any atom is -0.496 e. The highest BCUT2D eigenvalue weighted by molar-refractivity contribution is 5.92. The summed E-state index contributed by atoms with van der Waals surface area (Å²) in [6, 6.07) is 3.71. The Morgan fingerprint density at radius 2 is 1.59 bits per heavy atom. The number of nitrogens with one attached hydrogen (secondary N) is 1. The zero-order chi connectivity index (χ0) is 16.5. The maximum absolute atomic E-state index is 11.9. The molecule has 0 saturated heterocycles. The molecule has 0 aromatic heterocycles. The van der Waals surface area contributed by atoms with Crippen LogP contribution in [0.1, 0.15) is 32.3 Å². The summed E-state index contributed by atoms with van der Waals surface area (Å²) in [7, 11) is 4.70. The molecule has 122 valence electrons. The molecule has 0 saturated carbocycles. The predicted octanol–water partition coefficient (Wildman–Crippen LogP) is 3.03. The van der Waals surface area contributed by atoms with Crippen LogP contribution < -0.4 is 19.5 Å². The van der Waals surface area contributed by atoms with Crippen LogP contribution >= 0.6 is 0 Å². The highest BCUT2D eigenvalue weighted by Gasteiger charge is 2.11. The van der Waals surface area contributed by atoms with Crippen LogP contribution in [0.15, 0.2) is 18.2 Å². The maximum Gasteiger partial charge on any atom is 0.244 e. The zero-order valence-electron chi connectivity index (χ0n) is 13.9. The van der Waals surface area contributed by atoms with E-state index in [4.69, 9.17) is 14.2 Å². The Labute approximate surface area is 132 Å². The van der Waals surface area contributed by atoms with Gasteiger partial charge in [0, 0.05) is 23.7 Å². The molecule has 1 aromatic carbocycles. The predicted molar refractivity (Wildman–Crippen MR) is 87.6 cm³/mol. The molecule has 1 aromatic rings. The summed E-state index contributed by atoms with van der Waals surface area (Å²) in [5.41, 5.74) is 0.750. The van der Waals surface area contributed by atoms with E-state index in [2.05, 4.69) is 19.2 Å². The maximum atomic E-state index is 11.9. The average molecular weight is 307 g/mol. The van der Waals surface area contributed by atoms with Crippen molar-refractivity contribution in [2.45, 2.75) is 32.7 Å². The molecule has 1 rings (SSSR count). The molecular formula is C17H25NO4. The van der Waals surface area contributed by atoms with Gasteiger partial charge in [0.25, 0.3) is 0 Å². The van der Waals surface area contributed by atoms with Gasteiger partial charge in [0.15, 0.2) is 11.5 Å². The van der Waals surface area contributed by atoms with Gasteiger partial charge in [-0.2, -0.15) is 0 Å². The number of carbonyl (C=O) groups excluding carboxylic acids is 1. The van der Waals surface area contributed by atoms with Gasteiger partial charge in [-0.1, -0.05) is 13.8 Å². The number of rotatable bonds is 8. The molecule has 0 spiro atoms. The first-order chi connectivity index (χ1) is 10.6. The largest absolute Gasteiger partial charge is 0.496 e. The van der Waals surface area contributed by atoms with Gasteiger partial charge in [-0.15, -0.1) is 0 Å². The molecule has 0 radical (unpaired) electrons. The third-order valence-corrected chi connectivity index (χ3v) is 3.48. The van der Waals surface area contributed by atoms with Gasteiger partial charge in [-0.05, 0) is 25.0 Å². The highest BCUT2D eigenvalue weighted by atomic mass is 16.5. The monoisotopic (exact) mass is 307 g/mol. The topological polar surface area (TPSA) is 56.8 Å². The van der Waals surface area contributed by atoms with Crippen LogP contribution in [0.25, 0.3) is 6.08 Å². The second kappa shape index (κ2) is 8.97. The quantitative estimate of drug-likeness (QED) is 0.750. The third-order valence-electron chi connectivity index (χ3n) is 3.48. The molecule has 1 N–H and O–H groups in total. The number of benzene rings is 1. The fraction of sp³-hybridized carbons (Fsp3) is 0.471. The van der Waals surface area contributed by atoms with Crippen molar-refractivity contribution in [3.63, 3.8) is 0 Å². The number of carbonyl (C=O) groups is 1. The van der Waals surface area contributed by atoms with E-state index < -0.39 is 0 Å². The van der Waals surface area contributed by atoms with Crippen LogP contribution in [0.3, 0.4) is 0 Å². The van der Waals surface area contributed by atoms with E-state index in [1.165, 1.54) is 6.08 Å². The van der Waals surface area contributed by atoms with Crippen LogP contribution in [-0.2, 0) is 4.79 Å². The third kappa shape index (κ3) is 4.69. The molecule has 0 aliphatic heterocycles. The van der Waals surface area contributed by atoms with E-state index in [0.29, 0.717) is 17.2 Å². The van der Waals surface area contributed by atoms with Crippen molar-refractivity contribution in [1.29, 1.82) is 0 Å². The first kappa shape index (κ1) is 17.9. The molecule has 0 atom stereocenters. The number of hydrogen-bond acceptors (Lipinski definition) is 4. The summed E-state index contributed by atoms with van der Waals surface area (Å²) >= 11 is 0. The van der Waals surface area contributed by atoms with E-state index in [-0.39, 0.29) is 11.9 Å². The lowest BCUT2D eigenvalue weighted by Crippen LogP contribution is -2.32. The first-order valence-electron chi connectivity index (χ1n) is 7.38. The summed E-state index contributed by atoms with van der Waals surface area (Å²) in [6.07, 6.45) is 5.03. The molecule has 0 heterocycles. The van der Waals surface area contributed by atoms with Crippen molar-refractivity contribution < 1.29 is 19.0 Å². The molecule has 0 fully saturated rings. The first-order valence-corrected chi connectivity index (χ1v) is 7.38. The second-order valence-electron chi connectivity index (χ2n) is 4.80. The van der Waals surface area contributed by atoms with Crippen LogP contribution in [0, 0.1) is 0 Å². The SMILES string of the molecule is CCC(CC)NC(=O)/C=C/c1cc(OC)c(OC)cc1OC. The Hall–Kier alpha value is -2.17. The number of amides is 1. The van der Waals surface area contributed by atoms with Gasteiger partial charge in [0.1, 0.15) is 5.75 Å². The molecule has 5 nitrogen and oxygen atoms in total. The van der Waals surface area contributed by atoms with Gasteiger partial charge in [-0.25, -0.2) is 0 Å².